The lowest BCUT2D eigenvalue weighted by Crippen LogP contribution is -2.56. The van der Waals surface area contributed by atoms with Gasteiger partial charge in [0.1, 0.15) is 18.4 Å². The largest absolute Gasteiger partial charge is 0.416 e. The van der Waals surface area contributed by atoms with Gasteiger partial charge in [-0.3, -0.25) is 13.9 Å². The number of hydrogen-bond acceptors (Lipinski definition) is 4. The summed E-state index contributed by atoms with van der Waals surface area (Å²) < 4.78 is 84.0. The summed E-state index contributed by atoms with van der Waals surface area (Å²) in [5.41, 5.74) is -1.40. The Morgan fingerprint density at radius 1 is 0.833 bits per heavy atom. The highest BCUT2D eigenvalue weighted by molar-refractivity contribution is 7.92. The third-order valence-electron chi connectivity index (χ3n) is 7.19. The molecule has 4 aromatic rings. The Morgan fingerprint density at radius 2 is 1.42 bits per heavy atom. The van der Waals surface area contributed by atoms with Gasteiger partial charge in [-0.25, -0.2) is 12.8 Å². The SMILES string of the molecule is CC(C)(C)NC(=O)C(Cc1ccccc1)N(Cc1ccc(F)cc1)C(=O)CN(c1cc(C(F)(F)F)ccc1Cl)S(=O)(=O)c1ccccc1. The number of alkyl halides is 3. The maximum absolute atomic E-state index is 14.5. The summed E-state index contributed by atoms with van der Waals surface area (Å²) in [4.78, 5) is 29.2. The third-order valence-corrected chi connectivity index (χ3v) is 9.28. The Labute approximate surface area is 282 Å². The van der Waals surface area contributed by atoms with E-state index in [4.69, 9.17) is 11.6 Å². The summed E-state index contributed by atoms with van der Waals surface area (Å²) in [6.07, 6.45) is -4.85. The van der Waals surface area contributed by atoms with Crippen molar-refractivity contribution in [3.8, 4) is 0 Å². The third kappa shape index (κ3) is 9.35. The standard InChI is InChI=1S/C35H34ClF4N3O4S/c1-34(2,3)41-33(45)31(20-24-10-6-4-7-11-24)42(22-25-14-17-27(37)18-15-25)32(44)23-43(48(46,47)28-12-8-5-9-13-28)30-21-26(35(38,39)40)16-19-29(30)36/h4-19,21,31H,20,22-23H2,1-3H3,(H,41,45). The number of nitrogens with zero attached hydrogens (tertiary/aromatic N) is 2. The highest BCUT2D eigenvalue weighted by Crippen LogP contribution is 2.37. The first-order chi connectivity index (χ1) is 22.5. The molecule has 0 spiro atoms. The van der Waals surface area contributed by atoms with Gasteiger partial charge in [0.05, 0.1) is 21.2 Å². The molecule has 1 N–H and O–H groups in total. The first kappa shape index (κ1) is 36.4. The zero-order valence-corrected chi connectivity index (χ0v) is 27.9. The van der Waals surface area contributed by atoms with Crippen molar-refractivity contribution in [2.24, 2.45) is 0 Å². The van der Waals surface area contributed by atoms with Crippen molar-refractivity contribution in [2.75, 3.05) is 10.8 Å². The summed E-state index contributed by atoms with van der Waals surface area (Å²) in [5.74, 6) is -2.02. The van der Waals surface area contributed by atoms with Crippen LogP contribution in [0, 0.1) is 5.82 Å². The van der Waals surface area contributed by atoms with E-state index in [2.05, 4.69) is 5.32 Å². The molecule has 0 aliphatic carbocycles. The number of nitrogens with one attached hydrogen (secondary N) is 1. The average molecular weight is 704 g/mol. The molecular formula is C35H34ClF4N3O4S. The first-order valence-corrected chi connectivity index (χ1v) is 16.6. The lowest BCUT2D eigenvalue weighted by atomic mass is 10.0. The molecule has 0 fully saturated rings. The van der Waals surface area contributed by atoms with Crippen LogP contribution in [0.5, 0.6) is 0 Å². The minimum atomic E-state index is -4.86. The smallest absolute Gasteiger partial charge is 0.350 e. The summed E-state index contributed by atoms with van der Waals surface area (Å²) in [5, 5.41) is 2.52. The predicted octanol–water partition coefficient (Wildman–Crippen LogP) is 7.25. The molecule has 0 aliphatic heterocycles. The van der Waals surface area contributed by atoms with Crippen LogP contribution in [0.25, 0.3) is 0 Å². The van der Waals surface area contributed by atoms with Crippen LogP contribution in [0.1, 0.15) is 37.5 Å². The minimum Gasteiger partial charge on any atom is -0.350 e. The highest BCUT2D eigenvalue weighted by atomic mass is 35.5. The molecule has 0 bridgehead atoms. The molecule has 254 valence electrons. The molecule has 0 aliphatic rings. The normalized spacial score (nSPS) is 12.7. The van der Waals surface area contributed by atoms with Gasteiger partial charge in [-0.05, 0) is 74.4 Å². The van der Waals surface area contributed by atoms with Gasteiger partial charge in [-0.1, -0.05) is 72.3 Å². The summed E-state index contributed by atoms with van der Waals surface area (Å²) >= 11 is 6.34. The first-order valence-electron chi connectivity index (χ1n) is 14.8. The molecule has 4 aromatic carbocycles. The van der Waals surface area contributed by atoms with Gasteiger partial charge >= 0.3 is 6.18 Å². The van der Waals surface area contributed by atoms with Crippen molar-refractivity contribution in [2.45, 2.75) is 56.4 Å². The van der Waals surface area contributed by atoms with Gasteiger partial charge in [0.15, 0.2) is 0 Å². The zero-order valence-electron chi connectivity index (χ0n) is 26.3. The number of benzene rings is 4. The van der Waals surface area contributed by atoms with Gasteiger partial charge in [0.2, 0.25) is 11.8 Å². The average Bonchev–Trinajstić information content (AvgIpc) is 3.02. The number of anilines is 1. The Kier molecular flexibility index (Phi) is 11.2. The number of carbonyl (C=O) groups is 2. The molecule has 0 radical (unpaired) electrons. The van der Waals surface area contributed by atoms with E-state index in [1.54, 1.807) is 57.2 Å². The maximum atomic E-state index is 14.5. The van der Waals surface area contributed by atoms with Crippen LogP contribution in [0.4, 0.5) is 23.2 Å². The van der Waals surface area contributed by atoms with E-state index in [0.29, 0.717) is 27.6 Å². The van der Waals surface area contributed by atoms with Crippen LogP contribution in [0.3, 0.4) is 0 Å². The zero-order chi connectivity index (χ0) is 35.3. The molecule has 0 saturated heterocycles. The molecule has 0 aromatic heterocycles. The number of amides is 2. The molecule has 2 amide bonds. The van der Waals surface area contributed by atoms with Crippen molar-refractivity contribution < 1.29 is 35.6 Å². The molecule has 13 heteroatoms. The van der Waals surface area contributed by atoms with Crippen LogP contribution in [0.15, 0.2) is 108 Å². The Hall–Kier alpha value is -4.42. The van der Waals surface area contributed by atoms with Crippen molar-refractivity contribution in [1.29, 1.82) is 0 Å². The molecule has 1 unspecified atom stereocenters. The van der Waals surface area contributed by atoms with E-state index >= 15 is 0 Å². The Balaban J connectivity index is 1.88. The summed E-state index contributed by atoms with van der Waals surface area (Å²) in [6.45, 7) is 3.97. The quantitative estimate of drug-likeness (QED) is 0.167. The van der Waals surface area contributed by atoms with Crippen LogP contribution < -0.4 is 9.62 Å². The molecule has 7 nitrogen and oxygen atoms in total. The topological polar surface area (TPSA) is 86.8 Å². The fourth-order valence-electron chi connectivity index (χ4n) is 4.91. The van der Waals surface area contributed by atoms with Gasteiger partial charge in [-0.2, -0.15) is 13.2 Å². The second-order valence-corrected chi connectivity index (χ2v) is 14.4. The number of rotatable bonds is 11. The second-order valence-electron chi connectivity index (χ2n) is 12.1. The molecule has 0 saturated carbocycles. The van der Waals surface area contributed by atoms with Crippen molar-refractivity contribution in [3.63, 3.8) is 0 Å². The summed E-state index contributed by atoms with van der Waals surface area (Å²) in [7, 11) is -4.70. The number of hydrogen-bond donors (Lipinski definition) is 1. The van der Waals surface area contributed by atoms with Gasteiger partial charge in [0.25, 0.3) is 10.0 Å². The van der Waals surface area contributed by atoms with E-state index in [0.717, 1.165) is 11.0 Å². The Bertz CT molecular complexity index is 1830. The van der Waals surface area contributed by atoms with E-state index in [-0.39, 0.29) is 22.9 Å². The van der Waals surface area contributed by atoms with Crippen molar-refractivity contribution in [1.82, 2.24) is 10.2 Å². The lowest BCUT2D eigenvalue weighted by molar-refractivity contribution is -0.140. The molecule has 1 atom stereocenters. The van der Waals surface area contributed by atoms with Crippen LogP contribution in [-0.4, -0.2) is 43.3 Å². The van der Waals surface area contributed by atoms with E-state index in [1.807, 2.05) is 0 Å². The maximum Gasteiger partial charge on any atom is 0.416 e. The fourth-order valence-corrected chi connectivity index (χ4v) is 6.62. The molecule has 0 heterocycles. The van der Waals surface area contributed by atoms with Gasteiger partial charge < -0.3 is 10.2 Å². The van der Waals surface area contributed by atoms with Gasteiger partial charge in [0, 0.05) is 18.5 Å². The Morgan fingerprint density at radius 3 is 1.98 bits per heavy atom. The second kappa shape index (κ2) is 14.8. The molecule has 4 rings (SSSR count). The summed E-state index contributed by atoms with van der Waals surface area (Å²) in [6, 6.07) is 21.8. The van der Waals surface area contributed by atoms with E-state index in [1.165, 1.54) is 48.5 Å². The number of carbonyl (C=O) groups excluding carboxylic acids is 2. The highest BCUT2D eigenvalue weighted by Gasteiger charge is 2.38. The molecule has 48 heavy (non-hydrogen) atoms. The van der Waals surface area contributed by atoms with Crippen molar-refractivity contribution >= 4 is 39.1 Å². The number of halogens is 5. The van der Waals surface area contributed by atoms with E-state index < -0.39 is 63.2 Å². The van der Waals surface area contributed by atoms with Crippen LogP contribution >= 0.6 is 11.6 Å². The molecular weight excluding hydrogens is 670 g/mol. The predicted molar refractivity (Wildman–Crippen MR) is 176 cm³/mol. The lowest BCUT2D eigenvalue weighted by Gasteiger charge is -2.35. The van der Waals surface area contributed by atoms with Crippen molar-refractivity contribution in [3.05, 3.63) is 131 Å². The van der Waals surface area contributed by atoms with Crippen LogP contribution in [-0.2, 0) is 38.8 Å². The van der Waals surface area contributed by atoms with E-state index in [9.17, 15) is 35.6 Å². The fraction of sp³-hybridized carbons (Fsp3) is 0.257. The monoisotopic (exact) mass is 703 g/mol. The van der Waals surface area contributed by atoms with Crippen LogP contribution in [0.2, 0.25) is 5.02 Å². The number of sulfonamides is 1. The minimum absolute atomic E-state index is 0.00540. The van der Waals surface area contributed by atoms with Gasteiger partial charge in [-0.15, -0.1) is 0 Å².